The molecule has 2 N–H and O–H groups in total. The van der Waals surface area contributed by atoms with Gasteiger partial charge in [0.2, 0.25) is 10.0 Å². The zero-order valence-electron chi connectivity index (χ0n) is 13.0. The predicted molar refractivity (Wildman–Crippen MR) is 79.7 cm³/mol. The summed E-state index contributed by atoms with van der Waals surface area (Å²) in [5, 5.41) is 3.16. The fourth-order valence-corrected chi connectivity index (χ4v) is 4.45. The number of furan rings is 1. The van der Waals surface area contributed by atoms with Gasteiger partial charge < -0.3 is 14.5 Å². The molecule has 1 fully saturated rings. The van der Waals surface area contributed by atoms with Crippen molar-refractivity contribution in [3.8, 4) is 0 Å². The minimum atomic E-state index is -3.61. The van der Waals surface area contributed by atoms with Crippen LogP contribution in [0.25, 0.3) is 0 Å². The molecular weight excluding hydrogens is 292 g/mol. The summed E-state index contributed by atoms with van der Waals surface area (Å²) in [6.07, 6.45) is 0.587. The predicted octanol–water partition coefficient (Wildman–Crippen LogP) is 1.46. The minimum Gasteiger partial charge on any atom is -0.465 e. The molecule has 1 aromatic heterocycles. The van der Waals surface area contributed by atoms with Crippen LogP contribution in [0.1, 0.15) is 37.4 Å². The number of rotatable bonds is 6. The molecule has 2 heterocycles. The standard InChI is InChI=1S/C14H24N2O4S/c1-5-15-8-12-9(2)20-11(4)14(12)21(17,18)16-13-6-7-19-10(13)3/h10,13,15-16H,5-8H2,1-4H3. The lowest BCUT2D eigenvalue weighted by molar-refractivity contribution is 0.117. The fraction of sp³-hybridized carbons (Fsp3) is 0.714. The normalized spacial score (nSPS) is 22.9. The average Bonchev–Trinajstić information content (AvgIpc) is 2.91. The first-order valence-corrected chi connectivity index (χ1v) is 8.78. The van der Waals surface area contributed by atoms with Crippen LogP contribution in [0.4, 0.5) is 0 Å². The van der Waals surface area contributed by atoms with E-state index in [-0.39, 0.29) is 17.0 Å². The summed E-state index contributed by atoms with van der Waals surface area (Å²) in [5.41, 5.74) is 0.702. The molecule has 6 nitrogen and oxygen atoms in total. The highest BCUT2D eigenvalue weighted by atomic mass is 32.2. The molecule has 2 atom stereocenters. The van der Waals surface area contributed by atoms with Gasteiger partial charge in [-0.1, -0.05) is 6.92 Å². The topological polar surface area (TPSA) is 80.6 Å². The maximum absolute atomic E-state index is 12.7. The molecule has 120 valence electrons. The monoisotopic (exact) mass is 316 g/mol. The largest absolute Gasteiger partial charge is 0.465 e. The third kappa shape index (κ3) is 3.48. The van der Waals surface area contributed by atoms with Gasteiger partial charge in [0.25, 0.3) is 0 Å². The van der Waals surface area contributed by atoms with E-state index in [0.717, 1.165) is 6.54 Å². The molecule has 0 aliphatic carbocycles. The molecule has 1 aromatic rings. The number of hydrogen-bond acceptors (Lipinski definition) is 5. The van der Waals surface area contributed by atoms with Crippen LogP contribution in [-0.4, -0.2) is 33.7 Å². The number of hydrogen-bond donors (Lipinski definition) is 2. The molecule has 0 bridgehead atoms. The smallest absolute Gasteiger partial charge is 0.244 e. The van der Waals surface area contributed by atoms with Crippen molar-refractivity contribution in [2.24, 2.45) is 0 Å². The first-order valence-electron chi connectivity index (χ1n) is 7.30. The van der Waals surface area contributed by atoms with Crippen molar-refractivity contribution in [3.05, 3.63) is 17.1 Å². The molecule has 2 unspecified atom stereocenters. The molecule has 0 radical (unpaired) electrons. The Hall–Kier alpha value is -0.890. The Bertz CT molecular complexity index is 594. The van der Waals surface area contributed by atoms with Gasteiger partial charge in [0, 0.05) is 18.7 Å². The van der Waals surface area contributed by atoms with Crippen molar-refractivity contribution in [2.45, 2.75) is 57.7 Å². The van der Waals surface area contributed by atoms with Gasteiger partial charge in [-0.2, -0.15) is 0 Å². The van der Waals surface area contributed by atoms with E-state index in [0.29, 0.717) is 36.7 Å². The highest BCUT2D eigenvalue weighted by Gasteiger charge is 2.33. The molecule has 1 aliphatic rings. The van der Waals surface area contributed by atoms with Crippen molar-refractivity contribution >= 4 is 10.0 Å². The van der Waals surface area contributed by atoms with Crippen molar-refractivity contribution in [2.75, 3.05) is 13.2 Å². The van der Waals surface area contributed by atoms with Crippen LogP contribution < -0.4 is 10.0 Å². The van der Waals surface area contributed by atoms with E-state index in [1.165, 1.54) is 0 Å². The quantitative estimate of drug-likeness (QED) is 0.830. The van der Waals surface area contributed by atoms with E-state index < -0.39 is 10.0 Å². The van der Waals surface area contributed by atoms with Crippen LogP contribution in [0.3, 0.4) is 0 Å². The summed E-state index contributed by atoms with van der Waals surface area (Å²) in [5.74, 6) is 1.07. The van der Waals surface area contributed by atoms with Crippen LogP contribution in [-0.2, 0) is 21.3 Å². The third-order valence-corrected chi connectivity index (χ3v) is 5.51. The van der Waals surface area contributed by atoms with Crippen molar-refractivity contribution in [3.63, 3.8) is 0 Å². The Kier molecular flexibility index (Phi) is 5.08. The summed E-state index contributed by atoms with van der Waals surface area (Å²) < 4.78 is 39.1. The highest BCUT2D eigenvalue weighted by molar-refractivity contribution is 7.89. The zero-order valence-corrected chi connectivity index (χ0v) is 13.8. The summed E-state index contributed by atoms with van der Waals surface area (Å²) in [6, 6.07) is -0.184. The van der Waals surface area contributed by atoms with E-state index in [2.05, 4.69) is 10.0 Å². The van der Waals surface area contributed by atoms with E-state index in [9.17, 15) is 8.42 Å². The van der Waals surface area contributed by atoms with Gasteiger partial charge >= 0.3 is 0 Å². The number of nitrogens with one attached hydrogen (secondary N) is 2. The van der Waals surface area contributed by atoms with Crippen LogP contribution in [0, 0.1) is 13.8 Å². The second kappa shape index (κ2) is 6.48. The van der Waals surface area contributed by atoms with Crippen LogP contribution in [0.2, 0.25) is 0 Å². The van der Waals surface area contributed by atoms with Crippen molar-refractivity contribution < 1.29 is 17.6 Å². The third-order valence-electron chi connectivity index (χ3n) is 3.83. The Morgan fingerprint density at radius 1 is 1.29 bits per heavy atom. The van der Waals surface area contributed by atoms with Crippen LogP contribution in [0.5, 0.6) is 0 Å². The second-order valence-corrected chi connectivity index (χ2v) is 7.05. The lowest BCUT2D eigenvalue weighted by atomic mass is 10.2. The van der Waals surface area contributed by atoms with Crippen LogP contribution in [0.15, 0.2) is 9.31 Å². The van der Waals surface area contributed by atoms with Gasteiger partial charge in [-0.05, 0) is 33.7 Å². The van der Waals surface area contributed by atoms with Gasteiger partial charge in [0.05, 0.1) is 12.1 Å². The number of aryl methyl sites for hydroxylation is 2. The van der Waals surface area contributed by atoms with Gasteiger partial charge in [-0.25, -0.2) is 13.1 Å². The van der Waals surface area contributed by atoms with Gasteiger partial charge in [0.1, 0.15) is 16.4 Å². The van der Waals surface area contributed by atoms with Gasteiger partial charge in [-0.15, -0.1) is 0 Å². The van der Waals surface area contributed by atoms with Crippen LogP contribution >= 0.6 is 0 Å². The van der Waals surface area contributed by atoms with E-state index >= 15 is 0 Å². The van der Waals surface area contributed by atoms with E-state index in [1.807, 2.05) is 13.8 Å². The Morgan fingerprint density at radius 3 is 2.57 bits per heavy atom. The summed E-state index contributed by atoms with van der Waals surface area (Å²) in [6.45, 7) is 9.17. The molecule has 7 heteroatoms. The summed E-state index contributed by atoms with van der Waals surface area (Å²) >= 11 is 0. The van der Waals surface area contributed by atoms with Crippen molar-refractivity contribution in [1.29, 1.82) is 0 Å². The Labute approximate surface area is 126 Å². The average molecular weight is 316 g/mol. The zero-order chi connectivity index (χ0) is 15.6. The number of sulfonamides is 1. The van der Waals surface area contributed by atoms with Gasteiger partial charge in [0.15, 0.2) is 0 Å². The molecule has 0 aromatic carbocycles. The molecule has 1 saturated heterocycles. The fourth-order valence-electron chi connectivity index (χ4n) is 2.66. The van der Waals surface area contributed by atoms with E-state index in [4.69, 9.17) is 9.15 Å². The van der Waals surface area contributed by atoms with E-state index in [1.54, 1.807) is 13.8 Å². The molecule has 0 amide bonds. The van der Waals surface area contributed by atoms with Gasteiger partial charge in [-0.3, -0.25) is 0 Å². The molecule has 0 spiro atoms. The molecular formula is C14H24N2O4S. The number of ether oxygens (including phenoxy) is 1. The molecule has 2 rings (SSSR count). The molecule has 1 aliphatic heterocycles. The lowest BCUT2D eigenvalue weighted by Gasteiger charge is -2.16. The Morgan fingerprint density at radius 2 is 2.00 bits per heavy atom. The highest BCUT2D eigenvalue weighted by Crippen LogP contribution is 2.27. The summed E-state index contributed by atoms with van der Waals surface area (Å²) in [4.78, 5) is 0.264. The van der Waals surface area contributed by atoms with Crippen molar-refractivity contribution in [1.82, 2.24) is 10.0 Å². The second-order valence-electron chi connectivity index (χ2n) is 5.39. The molecule has 21 heavy (non-hydrogen) atoms. The first kappa shape index (κ1) is 16.5. The first-order chi connectivity index (χ1) is 9.86. The minimum absolute atomic E-state index is 0.106. The lowest BCUT2D eigenvalue weighted by Crippen LogP contribution is -2.39. The summed E-state index contributed by atoms with van der Waals surface area (Å²) in [7, 11) is -3.61. The maximum atomic E-state index is 12.7. The molecule has 0 saturated carbocycles. The maximum Gasteiger partial charge on any atom is 0.244 e. The SMILES string of the molecule is CCNCc1c(C)oc(C)c1S(=O)(=O)NC1CCOC1C. The Balaban J connectivity index is 2.30.